The average Bonchev–Trinajstić information content (AvgIpc) is 2.39. The molecular formula is C13H14N4O2. The molecule has 0 bridgehead atoms. The van der Waals surface area contributed by atoms with Crippen molar-refractivity contribution in [2.45, 2.75) is 6.54 Å². The van der Waals surface area contributed by atoms with Crippen LogP contribution in [0.2, 0.25) is 0 Å². The summed E-state index contributed by atoms with van der Waals surface area (Å²) >= 11 is 0. The van der Waals surface area contributed by atoms with Crippen LogP contribution in [0.5, 0.6) is 0 Å². The highest BCUT2D eigenvalue weighted by atomic mass is 16.4. The first kappa shape index (κ1) is 12.8. The molecule has 2 rings (SSSR count). The van der Waals surface area contributed by atoms with Gasteiger partial charge in [0.15, 0.2) is 0 Å². The van der Waals surface area contributed by atoms with Gasteiger partial charge in [0.05, 0.1) is 23.5 Å². The molecule has 0 aliphatic rings. The monoisotopic (exact) mass is 258 g/mol. The number of carboxylic acid groups (broad SMARTS) is 1. The lowest BCUT2D eigenvalue weighted by molar-refractivity contribution is 0.0697. The maximum absolute atomic E-state index is 10.8. The third-order valence-electron chi connectivity index (χ3n) is 2.68. The van der Waals surface area contributed by atoms with E-state index in [1.807, 2.05) is 11.9 Å². The fourth-order valence-electron chi connectivity index (χ4n) is 1.74. The molecule has 1 heterocycles. The summed E-state index contributed by atoms with van der Waals surface area (Å²) in [4.78, 5) is 21.0. The molecule has 0 saturated heterocycles. The van der Waals surface area contributed by atoms with Crippen LogP contribution in [0.3, 0.4) is 0 Å². The Morgan fingerprint density at radius 1 is 1.37 bits per heavy atom. The van der Waals surface area contributed by atoms with E-state index in [4.69, 9.17) is 10.8 Å². The average molecular weight is 258 g/mol. The van der Waals surface area contributed by atoms with Crippen molar-refractivity contribution in [2.75, 3.05) is 17.7 Å². The summed E-state index contributed by atoms with van der Waals surface area (Å²) in [5.74, 6) is -0.320. The van der Waals surface area contributed by atoms with Gasteiger partial charge in [0.1, 0.15) is 5.82 Å². The normalized spacial score (nSPS) is 10.2. The van der Waals surface area contributed by atoms with E-state index in [1.165, 1.54) is 12.1 Å². The Balaban J connectivity index is 2.20. The fourth-order valence-corrected chi connectivity index (χ4v) is 1.74. The summed E-state index contributed by atoms with van der Waals surface area (Å²) in [7, 11) is 1.85. The van der Waals surface area contributed by atoms with E-state index < -0.39 is 5.97 Å². The van der Waals surface area contributed by atoms with Gasteiger partial charge >= 0.3 is 5.97 Å². The van der Waals surface area contributed by atoms with Crippen LogP contribution in [0, 0.1) is 0 Å². The van der Waals surface area contributed by atoms with Crippen molar-refractivity contribution in [3.05, 3.63) is 48.0 Å². The van der Waals surface area contributed by atoms with Gasteiger partial charge in [-0.25, -0.2) is 14.8 Å². The maximum atomic E-state index is 10.8. The minimum Gasteiger partial charge on any atom is -0.478 e. The second kappa shape index (κ2) is 5.34. The molecule has 0 spiro atoms. The van der Waals surface area contributed by atoms with Gasteiger partial charge in [0.2, 0.25) is 0 Å². The Morgan fingerprint density at radius 2 is 2.05 bits per heavy atom. The molecule has 0 fully saturated rings. The highest BCUT2D eigenvalue weighted by Gasteiger charge is 2.10. The summed E-state index contributed by atoms with van der Waals surface area (Å²) in [5.41, 5.74) is 7.20. The minimum atomic E-state index is -0.993. The Labute approximate surface area is 110 Å². The van der Waals surface area contributed by atoms with E-state index in [0.717, 1.165) is 5.69 Å². The highest BCUT2D eigenvalue weighted by molar-refractivity contribution is 5.90. The number of nitrogens with zero attached hydrogens (tertiary/aromatic N) is 3. The summed E-state index contributed by atoms with van der Waals surface area (Å²) < 4.78 is 0. The second-order valence-corrected chi connectivity index (χ2v) is 4.10. The number of benzene rings is 1. The predicted molar refractivity (Wildman–Crippen MR) is 72.0 cm³/mol. The largest absolute Gasteiger partial charge is 0.478 e. The first-order valence-corrected chi connectivity index (χ1v) is 5.68. The highest BCUT2D eigenvalue weighted by Crippen LogP contribution is 2.24. The van der Waals surface area contributed by atoms with Gasteiger partial charge < -0.3 is 15.7 Å². The number of hydrogen-bond donors (Lipinski definition) is 2. The standard InChI is InChI=1S/C13H14N4O2/c1-17(8-12-15-5-2-6-16-12)11-4-3-9(13(18)19)7-10(11)14/h2-7H,8,14H2,1H3,(H,18,19). The summed E-state index contributed by atoms with van der Waals surface area (Å²) in [5, 5.41) is 8.88. The number of carbonyl (C=O) groups is 1. The fraction of sp³-hybridized carbons (Fsp3) is 0.154. The Morgan fingerprint density at radius 3 is 2.63 bits per heavy atom. The van der Waals surface area contributed by atoms with Gasteiger partial charge in [-0.2, -0.15) is 0 Å². The van der Waals surface area contributed by atoms with Crippen molar-refractivity contribution in [1.82, 2.24) is 9.97 Å². The van der Waals surface area contributed by atoms with Crippen LogP contribution in [0.15, 0.2) is 36.7 Å². The number of nitrogen functional groups attached to an aromatic ring is 1. The molecule has 0 aliphatic heterocycles. The predicted octanol–water partition coefficient (Wildman–Crippen LogP) is 1.39. The maximum Gasteiger partial charge on any atom is 0.335 e. The number of hydrogen-bond acceptors (Lipinski definition) is 5. The van der Waals surface area contributed by atoms with Gasteiger partial charge in [0, 0.05) is 19.4 Å². The molecule has 6 heteroatoms. The minimum absolute atomic E-state index is 0.172. The lowest BCUT2D eigenvalue weighted by Gasteiger charge is -2.20. The molecule has 0 amide bonds. The van der Waals surface area contributed by atoms with E-state index in [-0.39, 0.29) is 5.56 Å². The van der Waals surface area contributed by atoms with E-state index >= 15 is 0 Å². The summed E-state index contributed by atoms with van der Waals surface area (Å²) in [6.07, 6.45) is 3.35. The molecule has 1 aromatic heterocycles. The van der Waals surface area contributed by atoms with Crippen LogP contribution in [-0.2, 0) is 6.54 Å². The van der Waals surface area contributed by atoms with E-state index in [0.29, 0.717) is 18.1 Å². The summed E-state index contributed by atoms with van der Waals surface area (Å²) in [6.45, 7) is 0.497. The van der Waals surface area contributed by atoms with Crippen LogP contribution in [0.25, 0.3) is 0 Å². The van der Waals surface area contributed by atoms with E-state index in [2.05, 4.69) is 9.97 Å². The van der Waals surface area contributed by atoms with Crippen LogP contribution in [0.4, 0.5) is 11.4 Å². The molecule has 6 nitrogen and oxygen atoms in total. The van der Waals surface area contributed by atoms with Crippen LogP contribution in [0.1, 0.15) is 16.2 Å². The molecule has 2 aromatic rings. The van der Waals surface area contributed by atoms with Crippen molar-refractivity contribution in [1.29, 1.82) is 0 Å². The lowest BCUT2D eigenvalue weighted by atomic mass is 10.1. The second-order valence-electron chi connectivity index (χ2n) is 4.10. The first-order valence-electron chi connectivity index (χ1n) is 5.68. The molecule has 0 aliphatic carbocycles. The third kappa shape index (κ3) is 2.98. The van der Waals surface area contributed by atoms with Gasteiger partial charge in [-0.15, -0.1) is 0 Å². The number of nitrogens with two attached hydrogens (primary N) is 1. The van der Waals surface area contributed by atoms with Crippen molar-refractivity contribution in [3.8, 4) is 0 Å². The number of carboxylic acids is 1. The first-order chi connectivity index (χ1) is 9.08. The SMILES string of the molecule is CN(Cc1ncccn1)c1ccc(C(=O)O)cc1N. The molecule has 98 valence electrons. The molecule has 3 N–H and O–H groups in total. The quantitative estimate of drug-likeness (QED) is 0.805. The number of anilines is 2. The molecule has 0 saturated carbocycles. The Hall–Kier alpha value is -2.63. The molecule has 0 radical (unpaired) electrons. The van der Waals surface area contributed by atoms with E-state index in [9.17, 15) is 4.79 Å². The number of aromatic nitrogens is 2. The number of rotatable bonds is 4. The zero-order chi connectivity index (χ0) is 13.8. The Bertz CT molecular complexity index is 586. The third-order valence-corrected chi connectivity index (χ3v) is 2.68. The zero-order valence-corrected chi connectivity index (χ0v) is 10.4. The van der Waals surface area contributed by atoms with Crippen LogP contribution in [-0.4, -0.2) is 28.1 Å². The molecule has 19 heavy (non-hydrogen) atoms. The van der Waals surface area contributed by atoms with Crippen molar-refractivity contribution in [3.63, 3.8) is 0 Å². The van der Waals surface area contributed by atoms with Crippen molar-refractivity contribution < 1.29 is 9.90 Å². The van der Waals surface area contributed by atoms with Crippen LogP contribution >= 0.6 is 0 Å². The molecule has 0 atom stereocenters. The zero-order valence-electron chi connectivity index (χ0n) is 10.4. The van der Waals surface area contributed by atoms with E-state index in [1.54, 1.807) is 24.5 Å². The van der Waals surface area contributed by atoms with Gasteiger partial charge in [0.25, 0.3) is 0 Å². The van der Waals surface area contributed by atoms with Gasteiger partial charge in [-0.05, 0) is 24.3 Å². The van der Waals surface area contributed by atoms with Crippen molar-refractivity contribution in [2.24, 2.45) is 0 Å². The van der Waals surface area contributed by atoms with Crippen molar-refractivity contribution >= 4 is 17.3 Å². The summed E-state index contributed by atoms with van der Waals surface area (Å²) in [6, 6.07) is 6.40. The van der Waals surface area contributed by atoms with Gasteiger partial charge in [-0.3, -0.25) is 0 Å². The van der Waals surface area contributed by atoms with Crippen LogP contribution < -0.4 is 10.6 Å². The number of aromatic carboxylic acids is 1. The lowest BCUT2D eigenvalue weighted by Crippen LogP contribution is -2.19. The van der Waals surface area contributed by atoms with Gasteiger partial charge in [-0.1, -0.05) is 0 Å². The topological polar surface area (TPSA) is 92.3 Å². The Kier molecular flexibility index (Phi) is 3.61. The molecule has 1 aromatic carbocycles. The smallest absolute Gasteiger partial charge is 0.335 e. The molecular weight excluding hydrogens is 244 g/mol. The molecule has 0 unspecified atom stereocenters.